The van der Waals surface area contributed by atoms with Gasteiger partial charge < -0.3 is 15.7 Å². The second-order valence-corrected chi connectivity index (χ2v) is 6.33. The average Bonchev–Trinajstić information content (AvgIpc) is 2.69. The highest BCUT2D eigenvalue weighted by Gasteiger charge is 2.25. The van der Waals surface area contributed by atoms with Crippen molar-refractivity contribution in [2.45, 2.75) is 39.5 Å². The zero-order valence-electron chi connectivity index (χ0n) is 16.3. The number of anilines is 1. The van der Waals surface area contributed by atoms with Gasteiger partial charge >= 0.3 is 5.97 Å². The van der Waals surface area contributed by atoms with Crippen molar-refractivity contribution in [3.05, 3.63) is 41.5 Å². The standard InChI is InChI=1S/C18H19FN4O3.C2H6/c1-10(24)23-6-2-3-12(9-23)15-8-21-17(20)16(22-15)11-4-5-13(18(25)26)14(19)7-11;1-2/h4-5,7-8,12H,2-3,6,9H2,1H3,(H2,20,21)(H,25,26);1-2H3. The van der Waals surface area contributed by atoms with Crippen LogP contribution in [0.1, 0.15) is 55.6 Å². The summed E-state index contributed by atoms with van der Waals surface area (Å²) in [6.45, 7) is 6.82. The van der Waals surface area contributed by atoms with Crippen molar-refractivity contribution in [2.24, 2.45) is 0 Å². The van der Waals surface area contributed by atoms with Crippen LogP contribution in [0.3, 0.4) is 0 Å². The Labute approximate surface area is 163 Å². The number of hydrogen-bond donors (Lipinski definition) is 2. The molecular weight excluding hydrogens is 363 g/mol. The SMILES string of the molecule is CC.CC(=O)N1CCCC(c2cnc(N)c(-c3ccc(C(=O)O)c(F)c3)n2)C1. The first kappa shape index (κ1) is 21.3. The molecule has 1 aromatic heterocycles. The van der Waals surface area contributed by atoms with Crippen LogP contribution in [0.4, 0.5) is 10.2 Å². The monoisotopic (exact) mass is 388 g/mol. The summed E-state index contributed by atoms with van der Waals surface area (Å²) >= 11 is 0. The number of benzene rings is 1. The van der Waals surface area contributed by atoms with Crippen LogP contribution in [0.15, 0.2) is 24.4 Å². The number of carboxylic acid groups (broad SMARTS) is 1. The average molecular weight is 388 g/mol. The Kier molecular flexibility index (Phi) is 7.03. The Hall–Kier alpha value is -3.03. The summed E-state index contributed by atoms with van der Waals surface area (Å²) in [5.74, 6) is -2.02. The van der Waals surface area contributed by atoms with Gasteiger partial charge in [0.25, 0.3) is 0 Å². The summed E-state index contributed by atoms with van der Waals surface area (Å²) in [6.07, 6.45) is 3.32. The van der Waals surface area contributed by atoms with E-state index >= 15 is 0 Å². The van der Waals surface area contributed by atoms with Crippen LogP contribution < -0.4 is 5.73 Å². The number of likely N-dealkylation sites (tertiary alicyclic amines) is 1. The van der Waals surface area contributed by atoms with E-state index in [-0.39, 0.29) is 17.6 Å². The molecule has 1 saturated heterocycles. The number of carboxylic acids is 1. The second-order valence-electron chi connectivity index (χ2n) is 6.33. The van der Waals surface area contributed by atoms with E-state index in [1.807, 2.05) is 13.8 Å². The third-order valence-corrected chi connectivity index (χ3v) is 4.58. The van der Waals surface area contributed by atoms with Crippen molar-refractivity contribution in [3.8, 4) is 11.3 Å². The fraction of sp³-hybridized carbons (Fsp3) is 0.400. The number of piperidine rings is 1. The number of nitrogens with zero attached hydrogens (tertiary/aromatic N) is 3. The van der Waals surface area contributed by atoms with Gasteiger partial charge in [-0.1, -0.05) is 19.9 Å². The molecule has 1 atom stereocenters. The quantitative estimate of drug-likeness (QED) is 0.835. The van der Waals surface area contributed by atoms with Crippen molar-refractivity contribution < 1.29 is 19.1 Å². The molecule has 1 amide bonds. The summed E-state index contributed by atoms with van der Waals surface area (Å²) < 4.78 is 14.0. The van der Waals surface area contributed by atoms with Gasteiger partial charge in [0.2, 0.25) is 5.91 Å². The predicted octanol–water partition coefficient (Wildman–Crippen LogP) is 3.32. The van der Waals surface area contributed by atoms with E-state index in [9.17, 15) is 14.0 Å². The fourth-order valence-electron chi connectivity index (χ4n) is 3.16. The molecule has 150 valence electrons. The molecular formula is C20H25FN4O3. The Morgan fingerprint density at radius 1 is 1.32 bits per heavy atom. The predicted molar refractivity (Wildman–Crippen MR) is 104 cm³/mol. The molecule has 3 N–H and O–H groups in total. The molecule has 1 aliphatic rings. The van der Waals surface area contributed by atoms with E-state index in [0.717, 1.165) is 25.5 Å². The van der Waals surface area contributed by atoms with Gasteiger partial charge in [0.05, 0.1) is 17.5 Å². The maximum atomic E-state index is 14.0. The number of aromatic nitrogens is 2. The molecule has 8 heteroatoms. The molecule has 1 unspecified atom stereocenters. The van der Waals surface area contributed by atoms with Gasteiger partial charge in [-0.15, -0.1) is 0 Å². The summed E-state index contributed by atoms with van der Waals surface area (Å²) in [4.78, 5) is 33.0. The van der Waals surface area contributed by atoms with Crippen LogP contribution in [0.5, 0.6) is 0 Å². The highest BCUT2D eigenvalue weighted by molar-refractivity contribution is 5.89. The van der Waals surface area contributed by atoms with Crippen molar-refractivity contribution >= 4 is 17.7 Å². The molecule has 3 rings (SSSR count). The summed E-state index contributed by atoms with van der Waals surface area (Å²) in [5.41, 5.74) is 6.83. The number of aromatic carboxylic acids is 1. The lowest BCUT2D eigenvalue weighted by Gasteiger charge is -2.31. The normalized spacial score (nSPS) is 16.1. The maximum absolute atomic E-state index is 14.0. The summed E-state index contributed by atoms with van der Waals surface area (Å²) in [7, 11) is 0. The molecule has 1 aliphatic heterocycles. The van der Waals surface area contributed by atoms with Crippen LogP contribution >= 0.6 is 0 Å². The molecule has 7 nitrogen and oxygen atoms in total. The number of carbonyl (C=O) groups is 2. The topological polar surface area (TPSA) is 109 Å². The minimum absolute atomic E-state index is 0.0182. The molecule has 2 heterocycles. The molecule has 1 aromatic carbocycles. The highest BCUT2D eigenvalue weighted by Crippen LogP contribution is 2.30. The molecule has 1 fully saturated rings. The van der Waals surface area contributed by atoms with Crippen molar-refractivity contribution in [1.82, 2.24) is 14.9 Å². The molecule has 2 aromatic rings. The number of carbonyl (C=O) groups excluding carboxylic acids is 1. The van der Waals surface area contributed by atoms with Gasteiger partial charge in [-0.25, -0.2) is 19.2 Å². The van der Waals surface area contributed by atoms with Crippen LogP contribution in [0.2, 0.25) is 0 Å². The molecule has 0 spiro atoms. The third-order valence-electron chi connectivity index (χ3n) is 4.58. The minimum atomic E-state index is -1.34. The molecule has 0 aliphatic carbocycles. The lowest BCUT2D eigenvalue weighted by atomic mass is 9.94. The van der Waals surface area contributed by atoms with E-state index in [1.54, 1.807) is 11.1 Å². The number of nitrogen functional groups attached to an aromatic ring is 1. The summed E-state index contributed by atoms with van der Waals surface area (Å²) in [5, 5.41) is 8.94. The number of halogens is 1. The number of rotatable bonds is 3. The number of hydrogen-bond acceptors (Lipinski definition) is 5. The van der Waals surface area contributed by atoms with Gasteiger partial charge in [0.1, 0.15) is 17.3 Å². The van der Waals surface area contributed by atoms with Crippen molar-refractivity contribution in [2.75, 3.05) is 18.8 Å². The molecule has 0 bridgehead atoms. The second kappa shape index (κ2) is 9.25. The lowest BCUT2D eigenvalue weighted by Crippen LogP contribution is -2.37. The van der Waals surface area contributed by atoms with Crippen LogP contribution in [0.25, 0.3) is 11.3 Å². The van der Waals surface area contributed by atoms with E-state index in [4.69, 9.17) is 10.8 Å². The molecule has 0 saturated carbocycles. The number of amides is 1. The van der Waals surface area contributed by atoms with E-state index in [2.05, 4.69) is 9.97 Å². The first-order chi connectivity index (χ1) is 13.4. The first-order valence-corrected chi connectivity index (χ1v) is 9.28. The van der Waals surface area contributed by atoms with Gasteiger partial charge in [0.15, 0.2) is 0 Å². The Morgan fingerprint density at radius 2 is 2.04 bits per heavy atom. The largest absolute Gasteiger partial charge is 0.478 e. The molecule has 28 heavy (non-hydrogen) atoms. The molecule has 0 radical (unpaired) electrons. The minimum Gasteiger partial charge on any atom is -0.478 e. The fourth-order valence-corrected chi connectivity index (χ4v) is 3.16. The summed E-state index contributed by atoms with van der Waals surface area (Å²) in [6, 6.07) is 3.73. The van der Waals surface area contributed by atoms with Crippen LogP contribution in [0, 0.1) is 5.82 Å². The Morgan fingerprint density at radius 3 is 2.64 bits per heavy atom. The smallest absolute Gasteiger partial charge is 0.338 e. The van der Waals surface area contributed by atoms with Gasteiger partial charge in [-0.3, -0.25) is 4.79 Å². The van der Waals surface area contributed by atoms with E-state index < -0.39 is 17.3 Å². The van der Waals surface area contributed by atoms with E-state index in [0.29, 0.717) is 23.5 Å². The number of nitrogens with two attached hydrogens (primary N) is 1. The lowest BCUT2D eigenvalue weighted by molar-refractivity contribution is -0.130. The Balaban J connectivity index is 0.00000136. The van der Waals surface area contributed by atoms with Crippen molar-refractivity contribution in [1.29, 1.82) is 0 Å². The zero-order valence-corrected chi connectivity index (χ0v) is 16.3. The van der Waals surface area contributed by atoms with Crippen LogP contribution in [-0.2, 0) is 4.79 Å². The maximum Gasteiger partial charge on any atom is 0.338 e. The zero-order chi connectivity index (χ0) is 20.8. The van der Waals surface area contributed by atoms with Crippen molar-refractivity contribution in [3.63, 3.8) is 0 Å². The highest BCUT2D eigenvalue weighted by atomic mass is 19.1. The third kappa shape index (κ3) is 4.62. The Bertz CT molecular complexity index is 873. The van der Waals surface area contributed by atoms with Gasteiger partial charge in [-0.05, 0) is 25.0 Å². The van der Waals surface area contributed by atoms with Crippen LogP contribution in [-0.4, -0.2) is 44.9 Å². The van der Waals surface area contributed by atoms with Gasteiger partial charge in [-0.2, -0.15) is 0 Å². The van der Waals surface area contributed by atoms with E-state index in [1.165, 1.54) is 19.1 Å². The van der Waals surface area contributed by atoms with Gasteiger partial charge in [0, 0.05) is 31.5 Å². The first-order valence-electron chi connectivity index (χ1n) is 9.28.